The predicted octanol–water partition coefficient (Wildman–Crippen LogP) is 2.59. The fourth-order valence-corrected chi connectivity index (χ4v) is 4.35. The van der Waals surface area contributed by atoms with Crippen molar-refractivity contribution in [1.82, 2.24) is 15.0 Å². The highest BCUT2D eigenvalue weighted by Gasteiger charge is 2.22. The minimum absolute atomic E-state index is 0.697. The van der Waals surface area contributed by atoms with Gasteiger partial charge >= 0.3 is 0 Å². The molecule has 3 heterocycles. The van der Waals surface area contributed by atoms with Crippen LogP contribution in [-0.2, 0) is 12.8 Å². The van der Waals surface area contributed by atoms with Crippen molar-refractivity contribution in [3.8, 4) is 10.7 Å². The summed E-state index contributed by atoms with van der Waals surface area (Å²) < 4.78 is 0. The van der Waals surface area contributed by atoms with E-state index in [0.717, 1.165) is 33.8 Å². The van der Waals surface area contributed by atoms with Crippen molar-refractivity contribution in [2.45, 2.75) is 19.3 Å². The third-order valence-corrected chi connectivity index (χ3v) is 5.31. The van der Waals surface area contributed by atoms with Crippen molar-refractivity contribution in [1.29, 1.82) is 0 Å². The van der Waals surface area contributed by atoms with Gasteiger partial charge in [-0.2, -0.15) is 0 Å². The van der Waals surface area contributed by atoms with E-state index in [2.05, 4.69) is 20.4 Å². The van der Waals surface area contributed by atoms with Gasteiger partial charge in [0.25, 0.3) is 0 Å². The standard InChI is InChI=1S/C12H11N5S2/c13-17-11-9-6-2-1-3-7(6)19-12(9)16-10(15-11)8-4-14-5-18-8/h4-5H,1-3,13H2,(H,15,16,17). The average molecular weight is 289 g/mol. The smallest absolute Gasteiger partial charge is 0.174 e. The summed E-state index contributed by atoms with van der Waals surface area (Å²) in [6.07, 6.45) is 5.26. The first-order valence-electron chi connectivity index (χ1n) is 6.04. The summed E-state index contributed by atoms with van der Waals surface area (Å²) in [6, 6.07) is 0. The number of thiazole rings is 1. The summed E-state index contributed by atoms with van der Waals surface area (Å²) in [5, 5.41) is 1.10. The summed E-state index contributed by atoms with van der Waals surface area (Å²) >= 11 is 3.30. The molecule has 0 saturated heterocycles. The van der Waals surface area contributed by atoms with Crippen molar-refractivity contribution in [2.24, 2.45) is 5.84 Å². The molecule has 96 valence electrons. The van der Waals surface area contributed by atoms with E-state index in [-0.39, 0.29) is 0 Å². The van der Waals surface area contributed by atoms with Gasteiger partial charge in [0, 0.05) is 11.1 Å². The van der Waals surface area contributed by atoms with Gasteiger partial charge in [-0.05, 0) is 24.8 Å². The number of nitrogens with one attached hydrogen (secondary N) is 1. The van der Waals surface area contributed by atoms with Crippen molar-refractivity contribution in [3.63, 3.8) is 0 Å². The Morgan fingerprint density at radius 2 is 2.21 bits per heavy atom. The van der Waals surface area contributed by atoms with E-state index in [0.29, 0.717) is 5.82 Å². The normalized spacial score (nSPS) is 13.9. The number of nitrogens with two attached hydrogens (primary N) is 1. The molecule has 1 aliphatic rings. The lowest BCUT2D eigenvalue weighted by Gasteiger charge is -2.05. The molecule has 0 radical (unpaired) electrons. The van der Waals surface area contributed by atoms with Crippen LogP contribution >= 0.6 is 22.7 Å². The fourth-order valence-electron chi connectivity index (χ4n) is 2.54. The number of aryl methyl sites for hydroxylation is 2. The molecule has 0 aliphatic heterocycles. The molecule has 7 heteroatoms. The van der Waals surface area contributed by atoms with Crippen LogP contribution in [0.1, 0.15) is 16.9 Å². The van der Waals surface area contributed by atoms with E-state index in [9.17, 15) is 0 Å². The summed E-state index contributed by atoms with van der Waals surface area (Å²) in [6.45, 7) is 0. The van der Waals surface area contributed by atoms with Crippen LogP contribution in [0.5, 0.6) is 0 Å². The molecular weight excluding hydrogens is 278 g/mol. The van der Waals surface area contributed by atoms with E-state index in [1.807, 2.05) is 0 Å². The molecule has 0 atom stereocenters. The number of hydrogen-bond acceptors (Lipinski definition) is 7. The topological polar surface area (TPSA) is 76.7 Å². The Kier molecular flexibility index (Phi) is 2.51. The van der Waals surface area contributed by atoms with E-state index in [1.165, 1.54) is 28.2 Å². The van der Waals surface area contributed by atoms with Crippen LogP contribution in [0.4, 0.5) is 5.82 Å². The molecule has 0 aromatic carbocycles. The molecule has 5 nitrogen and oxygen atoms in total. The molecule has 0 fully saturated rings. The highest BCUT2D eigenvalue weighted by atomic mass is 32.1. The van der Waals surface area contributed by atoms with Crippen molar-refractivity contribution in [3.05, 3.63) is 22.1 Å². The average Bonchev–Trinajstić information content (AvgIpc) is 3.13. The van der Waals surface area contributed by atoms with Crippen LogP contribution in [0, 0.1) is 0 Å². The molecular formula is C12H11N5S2. The molecule has 0 saturated carbocycles. The SMILES string of the molecule is NNc1nc(-c2cncs2)nc2sc3c(c12)CCC3. The third kappa shape index (κ3) is 1.66. The lowest BCUT2D eigenvalue weighted by Crippen LogP contribution is -2.10. The van der Waals surface area contributed by atoms with Crippen molar-refractivity contribution < 1.29 is 0 Å². The van der Waals surface area contributed by atoms with E-state index in [4.69, 9.17) is 5.84 Å². The van der Waals surface area contributed by atoms with Gasteiger partial charge in [-0.3, -0.25) is 4.98 Å². The predicted molar refractivity (Wildman–Crippen MR) is 78.4 cm³/mol. The Morgan fingerprint density at radius 1 is 1.26 bits per heavy atom. The van der Waals surface area contributed by atoms with Gasteiger partial charge in [-0.15, -0.1) is 22.7 Å². The molecule has 4 rings (SSSR count). The zero-order chi connectivity index (χ0) is 12.8. The Hall–Kier alpha value is -1.57. The van der Waals surface area contributed by atoms with Crippen molar-refractivity contribution in [2.75, 3.05) is 5.43 Å². The molecule has 3 aromatic heterocycles. The van der Waals surface area contributed by atoms with E-state index < -0.39 is 0 Å². The van der Waals surface area contributed by atoms with Gasteiger partial charge in [0.2, 0.25) is 0 Å². The van der Waals surface area contributed by atoms with Gasteiger partial charge in [-0.1, -0.05) is 0 Å². The molecule has 0 spiro atoms. The molecule has 0 unspecified atom stereocenters. The number of rotatable bonds is 2. The molecule has 19 heavy (non-hydrogen) atoms. The second kappa shape index (κ2) is 4.22. The monoisotopic (exact) mass is 289 g/mol. The Morgan fingerprint density at radius 3 is 3.00 bits per heavy atom. The fraction of sp³-hybridized carbons (Fsp3) is 0.250. The minimum Gasteiger partial charge on any atom is -0.308 e. The van der Waals surface area contributed by atoms with Gasteiger partial charge in [0.1, 0.15) is 4.83 Å². The Bertz CT molecular complexity index is 747. The molecule has 3 aromatic rings. The van der Waals surface area contributed by atoms with Crippen LogP contribution in [0.15, 0.2) is 11.7 Å². The number of hydrazine groups is 1. The molecule has 0 bridgehead atoms. The molecule has 1 aliphatic carbocycles. The van der Waals surface area contributed by atoms with Gasteiger partial charge < -0.3 is 5.43 Å². The van der Waals surface area contributed by atoms with Gasteiger partial charge in [0.05, 0.1) is 15.8 Å². The summed E-state index contributed by atoms with van der Waals surface area (Å²) in [5.74, 6) is 7.07. The van der Waals surface area contributed by atoms with Crippen LogP contribution in [0.3, 0.4) is 0 Å². The van der Waals surface area contributed by atoms with E-state index in [1.54, 1.807) is 23.0 Å². The van der Waals surface area contributed by atoms with Crippen LogP contribution in [0.2, 0.25) is 0 Å². The maximum Gasteiger partial charge on any atom is 0.174 e. The number of fused-ring (bicyclic) bond motifs is 3. The minimum atomic E-state index is 0.697. The number of nitrogen functional groups attached to an aromatic ring is 1. The number of nitrogens with zero attached hydrogens (tertiary/aromatic N) is 3. The summed E-state index contributed by atoms with van der Waals surface area (Å²) in [7, 11) is 0. The molecule has 3 N–H and O–H groups in total. The summed E-state index contributed by atoms with van der Waals surface area (Å²) in [5.41, 5.74) is 5.89. The maximum atomic E-state index is 5.64. The van der Waals surface area contributed by atoms with Crippen LogP contribution in [-0.4, -0.2) is 15.0 Å². The number of thiophene rings is 1. The summed E-state index contributed by atoms with van der Waals surface area (Å²) in [4.78, 5) is 16.7. The van der Waals surface area contributed by atoms with Crippen LogP contribution < -0.4 is 11.3 Å². The van der Waals surface area contributed by atoms with Gasteiger partial charge in [0.15, 0.2) is 11.6 Å². The first-order valence-corrected chi connectivity index (χ1v) is 7.74. The highest BCUT2D eigenvalue weighted by Crippen LogP contribution is 2.40. The second-order valence-electron chi connectivity index (χ2n) is 4.44. The first kappa shape index (κ1) is 11.3. The lowest BCUT2D eigenvalue weighted by atomic mass is 10.2. The quantitative estimate of drug-likeness (QED) is 0.560. The largest absolute Gasteiger partial charge is 0.308 e. The Balaban J connectivity index is 2.01. The van der Waals surface area contributed by atoms with E-state index >= 15 is 0 Å². The number of hydrogen-bond donors (Lipinski definition) is 2. The Labute approximate surface area is 117 Å². The highest BCUT2D eigenvalue weighted by molar-refractivity contribution is 7.19. The number of aromatic nitrogens is 3. The lowest BCUT2D eigenvalue weighted by molar-refractivity contribution is 0.917. The second-order valence-corrected chi connectivity index (χ2v) is 6.41. The number of anilines is 1. The zero-order valence-corrected chi connectivity index (χ0v) is 11.6. The zero-order valence-electron chi connectivity index (χ0n) is 10.0. The maximum absolute atomic E-state index is 5.64. The third-order valence-electron chi connectivity index (χ3n) is 3.35. The van der Waals surface area contributed by atoms with Gasteiger partial charge in [-0.25, -0.2) is 15.8 Å². The molecule has 0 amide bonds. The van der Waals surface area contributed by atoms with Crippen LogP contribution in [0.25, 0.3) is 20.9 Å². The van der Waals surface area contributed by atoms with Crippen molar-refractivity contribution >= 4 is 38.7 Å². The first-order chi connectivity index (χ1) is 9.36.